The molecule has 1 aliphatic rings. The van der Waals surface area contributed by atoms with Gasteiger partial charge >= 0.3 is 19.4 Å². The molecule has 0 radical (unpaired) electrons. The van der Waals surface area contributed by atoms with Crippen LogP contribution < -0.4 is 20.9 Å². The summed E-state index contributed by atoms with van der Waals surface area (Å²) in [6.45, 7) is 2.16. The topological polar surface area (TPSA) is 207 Å². The summed E-state index contributed by atoms with van der Waals surface area (Å²) in [6, 6.07) is 12.2. The third-order valence-electron chi connectivity index (χ3n) is 6.40. The van der Waals surface area contributed by atoms with E-state index in [4.69, 9.17) is 24.1 Å². The molecule has 3 aromatic rings. The zero-order valence-electron chi connectivity index (χ0n) is 21.7. The number of aromatic amines is 1. The van der Waals surface area contributed by atoms with Crippen molar-refractivity contribution in [2.45, 2.75) is 43.9 Å². The highest BCUT2D eigenvalue weighted by molar-refractivity contribution is 7.52. The van der Waals surface area contributed by atoms with Crippen LogP contribution in [0.5, 0.6) is 5.75 Å². The second-order valence-electron chi connectivity index (χ2n) is 9.14. The fourth-order valence-corrected chi connectivity index (χ4v) is 5.85. The number of aliphatic hydroxyl groups is 1. The molecule has 0 saturated carbocycles. The minimum absolute atomic E-state index is 0.190. The Morgan fingerprint density at radius 2 is 2.02 bits per heavy atom. The Bertz CT molecular complexity index is 1610. The molecule has 1 saturated heterocycles. The molecule has 2 heterocycles. The van der Waals surface area contributed by atoms with E-state index in [9.17, 15) is 24.1 Å². The molecule has 212 valence electrons. The van der Waals surface area contributed by atoms with Crippen LogP contribution in [-0.2, 0) is 23.4 Å². The molecular formula is C24H27N6O9P. The van der Waals surface area contributed by atoms with Crippen LogP contribution in [0.3, 0.4) is 0 Å². The molecule has 2 aromatic carbocycles. The van der Waals surface area contributed by atoms with Crippen molar-refractivity contribution >= 4 is 24.5 Å². The first-order chi connectivity index (χ1) is 19.0. The SMILES string of the molecule is COC(=O)[C@H](C)NP(=O)(OC[C@H]1O[C@@H](n2ccc(=O)[nH]c2=O)[C@](C)(N=[N+]=[N-])[C@@H]1O)Oc1cccc2ccccc12. The maximum Gasteiger partial charge on any atom is 0.459 e. The second kappa shape index (κ2) is 11.6. The predicted molar refractivity (Wildman–Crippen MR) is 142 cm³/mol. The van der Waals surface area contributed by atoms with Crippen molar-refractivity contribution in [2.75, 3.05) is 13.7 Å². The van der Waals surface area contributed by atoms with Gasteiger partial charge in [0.1, 0.15) is 23.4 Å². The summed E-state index contributed by atoms with van der Waals surface area (Å²) < 4.78 is 36.9. The lowest BCUT2D eigenvalue weighted by molar-refractivity contribution is -0.142. The van der Waals surface area contributed by atoms with Gasteiger partial charge < -0.3 is 19.1 Å². The molecule has 1 fully saturated rings. The zero-order valence-corrected chi connectivity index (χ0v) is 22.6. The average Bonchev–Trinajstić information content (AvgIpc) is 3.16. The zero-order chi connectivity index (χ0) is 29.1. The maximum absolute atomic E-state index is 14.0. The Balaban J connectivity index is 1.64. The monoisotopic (exact) mass is 574 g/mol. The Labute approximate surface area is 226 Å². The van der Waals surface area contributed by atoms with Crippen LogP contribution in [-0.4, -0.2) is 58.1 Å². The van der Waals surface area contributed by atoms with Gasteiger partial charge in [-0.3, -0.25) is 23.7 Å². The molecule has 0 amide bonds. The van der Waals surface area contributed by atoms with Crippen molar-refractivity contribution in [1.82, 2.24) is 14.6 Å². The van der Waals surface area contributed by atoms with Crippen LogP contribution in [0.4, 0.5) is 0 Å². The van der Waals surface area contributed by atoms with Crippen molar-refractivity contribution in [3.05, 3.63) is 86.0 Å². The summed E-state index contributed by atoms with van der Waals surface area (Å²) in [5.74, 6) is -0.550. The van der Waals surface area contributed by atoms with Gasteiger partial charge in [-0.15, -0.1) is 0 Å². The molecule has 0 spiro atoms. The first-order valence-electron chi connectivity index (χ1n) is 12.0. The van der Waals surface area contributed by atoms with Crippen molar-refractivity contribution in [2.24, 2.45) is 5.11 Å². The fourth-order valence-electron chi connectivity index (χ4n) is 4.33. The normalized spacial score (nSPS) is 24.6. The van der Waals surface area contributed by atoms with Gasteiger partial charge in [0.15, 0.2) is 6.23 Å². The number of esters is 1. The van der Waals surface area contributed by atoms with E-state index in [0.717, 1.165) is 29.3 Å². The van der Waals surface area contributed by atoms with Crippen LogP contribution >= 0.6 is 7.75 Å². The summed E-state index contributed by atoms with van der Waals surface area (Å²) in [5.41, 5.74) is 5.88. The highest BCUT2D eigenvalue weighted by atomic mass is 31.2. The smallest absolute Gasteiger partial charge is 0.459 e. The molecule has 0 aliphatic carbocycles. The number of azide groups is 1. The molecular weight excluding hydrogens is 547 g/mol. The van der Waals surface area contributed by atoms with E-state index in [2.05, 4.69) is 20.1 Å². The van der Waals surface area contributed by atoms with Crippen molar-refractivity contribution in [3.8, 4) is 5.75 Å². The molecule has 4 rings (SSSR count). The highest BCUT2D eigenvalue weighted by Gasteiger charge is 2.55. The molecule has 3 N–H and O–H groups in total. The third-order valence-corrected chi connectivity index (χ3v) is 8.03. The minimum Gasteiger partial charge on any atom is -0.468 e. The Morgan fingerprint density at radius 1 is 1.30 bits per heavy atom. The highest BCUT2D eigenvalue weighted by Crippen LogP contribution is 2.48. The Morgan fingerprint density at radius 3 is 2.73 bits per heavy atom. The van der Waals surface area contributed by atoms with E-state index >= 15 is 0 Å². The number of fused-ring (bicyclic) bond motifs is 1. The lowest BCUT2D eigenvalue weighted by Crippen LogP contribution is -2.45. The van der Waals surface area contributed by atoms with E-state index in [1.807, 2.05) is 18.2 Å². The Hall–Kier alpha value is -3.97. The van der Waals surface area contributed by atoms with Crippen molar-refractivity contribution in [3.63, 3.8) is 0 Å². The molecule has 15 nitrogen and oxygen atoms in total. The Kier molecular flexibility index (Phi) is 8.45. The summed E-state index contributed by atoms with van der Waals surface area (Å²) in [5, 5.41) is 18.7. The predicted octanol–water partition coefficient (Wildman–Crippen LogP) is 2.37. The van der Waals surface area contributed by atoms with Gasteiger partial charge in [0.2, 0.25) is 0 Å². The van der Waals surface area contributed by atoms with Crippen molar-refractivity contribution < 1.29 is 33.0 Å². The average molecular weight is 574 g/mol. The van der Waals surface area contributed by atoms with E-state index < -0.39 is 61.6 Å². The van der Waals surface area contributed by atoms with Gasteiger partial charge in [-0.2, -0.15) is 5.09 Å². The molecule has 16 heteroatoms. The summed E-state index contributed by atoms with van der Waals surface area (Å²) in [4.78, 5) is 40.9. The molecule has 1 unspecified atom stereocenters. The largest absolute Gasteiger partial charge is 0.468 e. The number of aliphatic hydroxyl groups excluding tert-OH is 1. The van der Waals surface area contributed by atoms with Gasteiger partial charge in [-0.05, 0) is 30.8 Å². The molecule has 40 heavy (non-hydrogen) atoms. The molecule has 0 bridgehead atoms. The number of carbonyl (C=O) groups excluding carboxylic acids is 1. The summed E-state index contributed by atoms with van der Waals surface area (Å²) in [7, 11) is -3.21. The fraction of sp³-hybridized carbons (Fsp3) is 0.375. The van der Waals surface area contributed by atoms with Gasteiger partial charge in [0.05, 0.1) is 19.8 Å². The third kappa shape index (κ3) is 5.80. The van der Waals surface area contributed by atoms with E-state index in [1.54, 1.807) is 24.3 Å². The number of hydrogen-bond donors (Lipinski definition) is 3. The number of nitrogens with zero attached hydrogens (tertiary/aromatic N) is 4. The first kappa shape index (κ1) is 29.0. The van der Waals surface area contributed by atoms with Crippen LogP contribution in [0.25, 0.3) is 21.2 Å². The van der Waals surface area contributed by atoms with Crippen LogP contribution in [0, 0.1) is 0 Å². The number of nitrogens with one attached hydrogen (secondary N) is 2. The first-order valence-corrected chi connectivity index (χ1v) is 13.5. The number of carbonyl (C=O) groups is 1. The summed E-state index contributed by atoms with van der Waals surface area (Å²) in [6.07, 6.45) is -3.09. The number of ether oxygens (including phenoxy) is 2. The standard InChI is InChI=1S/C24H27N6O9P/c1-14(21(33)36-3)27-40(35,39-17-10-6-8-15-7-4-5-9-16(15)17)37-13-18-20(32)24(2,28-29-25)22(38-18)30-12-11-19(31)26-23(30)34/h4-12,14,18,20,22,32H,13H2,1-3H3,(H,27,35)(H,26,31,34)/t14-,18+,20+,22+,24+,40?/m0/s1. The number of methoxy groups -OCH3 is 1. The quantitative estimate of drug-likeness (QED) is 0.106. The molecule has 1 aromatic heterocycles. The van der Waals surface area contributed by atoms with Gasteiger partial charge in [0, 0.05) is 22.6 Å². The minimum atomic E-state index is -4.37. The van der Waals surface area contributed by atoms with Crippen LogP contribution in [0.2, 0.25) is 0 Å². The van der Waals surface area contributed by atoms with Gasteiger partial charge in [0.25, 0.3) is 5.56 Å². The van der Waals surface area contributed by atoms with Gasteiger partial charge in [-0.1, -0.05) is 41.5 Å². The van der Waals surface area contributed by atoms with Gasteiger partial charge in [-0.25, -0.2) is 9.36 Å². The lowest BCUT2D eigenvalue weighted by Gasteiger charge is -2.28. The van der Waals surface area contributed by atoms with Crippen molar-refractivity contribution in [1.29, 1.82) is 0 Å². The van der Waals surface area contributed by atoms with Crippen LogP contribution in [0.1, 0.15) is 20.1 Å². The number of H-pyrrole nitrogens is 1. The number of benzene rings is 2. The summed E-state index contributed by atoms with van der Waals surface area (Å²) >= 11 is 0. The van der Waals surface area contributed by atoms with Crippen LogP contribution in [0.15, 0.2) is 69.4 Å². The molecule has 6 atom stereocenters. The van der Waals surface area contributed by atoms with E-state index in [1.165, 1.54) is 13.8 Å². The van der Waals surface area contributed by atoms with E-state index in [0.29, 0.717) is 5.39 Å². The lowest BCUT2D eigenvalue weighted by atomic mass is 9.93. The van der Waals surface area contributed by atoms with E-state index in [-0.39, 0.29) is 5.75 Å². The molecule has 1 aliphatic heterocycles. The number of aromatic nitrogens is 2. The number of rotatable bonds is 10. The maximum atomic E-state index is 14.0. The second-order valence-corrected chi connectivity index (χ2v) is 10.8. The number of hydrogen-bond acceptors (Lipinski definition) is 10.